The molecule has 8 heteroatoms. The van der Waals surface area contributed by atoms with E-state index in [9.17, 15) is 24.8 Å². The predicted octanol–water partition coefficient (Wildman–Crippen LogP) is 2.84. The minimum atomic E-state index is -1.28. The van der Waals surface area contributed by atoms with Gasteiger partial charge in [-0.05, 0) is 48.9 Å². The molecule has 3 atom stereocenters. The largest absolute Gasteiger partial charge is 0.478 e. The molecule has 1 aliphatic carbocycles. The second-order valence-corrected chi connectivity index (χ2v) is 9.14. The first-order valence-corrected chi connectivity index (χ1v) is 10.9. The molecule has 0 spiro atoms. The molecule has 0 aliphatic heterocycles. The van der Waals surface area contributed by atoms with Crippen LogP contribution in [0.1, 0.15) is 61.9 Å². The number of aromatic carboxylic acids is 1. The molecule has 0 unspecified atom stereocenters. The number of primary amides is 1. The van der Waals surface area contributed by atoms with Crippen LogP contribution in [0.25, 0.3) is 10.9 Å². The molecule has 1 aromatic heterocycles. The van der Waals surface area contributed by atoms with Gasteiger partial charge in [-0.25, -0.2) is 4.79 Å². The lowest BCUT2D eigenvalue weighted by Gasteiger charge is -2.41. The van der Waals surface area contributed by atoms with Gasteiger partial charge in [0.05, 0.1) is 23.0 Å². The Bertz CT molecular complexity index is 1100. The molecule has 2 aromatic rings. The summed E-state index contributed by atoms with van der Waals surface area (Å²) < 4.78 is 1.82. The average molecular weight is 439 g/mol. The predicted molar refractivity (Wildman–Crippen MR) is 120 cm³/mol. The van der Waals surface area contributed by atoms with Crippen LogP contribution in [-0.2, 0) is 22.1 Å². The Morgan fingerprint density at radius 1 is 1.34 bits per heavy atom. The number of nitriles is 1. The lowest BCUT2D eigenvalue weighted by molar-refractivity contribution is -0.137. The number of carbonyl (C=O) groups is 3. The zero-order chi connectivity index (χ0) is 23.6. The van der Waals surface area contributed by atoms with Gasteiger partial charge in [0.25, 0.3) is 0 Å². The summed E-state index contributed by atoms with van der Waals surface area (Å²) in [6, 6.07) is 6.24. The molecule has 1 heterocycles. The van der Waals surface area contributed by atoms with E-state index in [2.05, 4.69) is 11.4 Å². The van der Waals surface area contributed by atoms with E-state index in [0.29, 0.717) is 30.2 Å². The van der Waals surface area contributed by atoms with E-state index >= 15 is 0 Å². The minimum absolute atomic E-state index is 0.0999. The van der Waals surface area contributed by atoms with Crippen LogP contribution in [0.4, 0.5) is 0 Å². The van der Waals surface area contributed by atoms with Crippen LogP contribution in [0.2, 0.25) is 0 Å². The zero-order valence-corrected chi connectivity index (χ0v) is 18.7. The number of carboxylic acid groups (broad SMARTS) is 1. The molecule has 8 nitrogen and oxygen atoms in total. The van der Waals surface area contributed by atoms with E-state index in [1.54, 1.807) is 12.3 Å². The number of carbonyl (C=O) groups excluding carboxylic acids is 2. The second-order valence-electron chi connectivity index (χ2n) is 9.14. The maximum absolute atomic E-state index is 13.4. The fourth-order valence-electron chi connectivity index (χ4n) is 5.05. The molecule has 1 aromatic carbocycles. The second kappa shape index (κ2) is 9.03. The number of nitrogens with zero attached hydrogens (tertiary/aromatic N) is 2. The van der Waals surface area contributed by atoms with Gasteiger partial charge in [0.15, 0.2) is 0 Å². The van der Waals surface area contributed by atoms with Crippen LogP contribution in [0.5, 0.6) is 0 Å². The molecule has 1 saturated carbocycles. The number of aromatic nitrogens is 1. The highest BCUT2D eigenvalue weighted by atomic mass is 16.4. The number of aryl methyl sites for hydroxylation is 1. The van der Waals surface area contributed by atoms with Gasteiger partial charge in [-0.15, -0.1) is 0 Å². The zero-order valence-electron chi connectivity index (χ0n) is 18.7. The van der Waals surface area contributed by atoms with Gasteiger partial charge in [0.2, 0.25) is 11.8 Å². The van der Waals surface area contributed by atoms with Crippen molar-refractivity contribution >= 4 is 28.7 Å². The van der Waals surface area contributed by atoms with Crippen molar-refractivity contribution in [2.75, 3.05) is 0 Å². The van der Waals surface area contributed by atoms with Gasteiger partial charge in [-0.3, -0.25) is 9.59 Å². The van der Waals surface area contributed by atoms with E-state index in [4.69, 9.17) is 5.73 Å². The lowest BCUT2D eigenvalue weighted by Crippen LogP contribution is -2.55. The molecule has 3 rings (SSSR count). The number of benzene rings is 1. The summed E-state index contributed by atoms with van der Waals surface area (Å²) in [6.07, 6.45) is 4.62. The first-order valence-electron chi connectivity index (χ1n) is 10.9. The molecule has 2 amide bonds. The van der Waals surface area contributed by atoms with Gasteiger partial charge in [0, 0.05) is 24.1 Å². The molecular formula is C24H30N4O4. The Morgan fingerprint density at radius 2 is 2.06 bits per heavy atom. The van der Waals surface area contributed by atoms with Crippen LogP contribution in [0.3, 0.4) is 0 Å². The summed E-state index contributed by atoms with van der Waals surface area (Å²) in [5.74, 6) is -2.56. The first kappa shape index (κ1) is 23.3. The minimum Gasteiger partial charge on any atom is -0.478 e. The third-order valence-electron chi connectivity index (χ3n) is 6.56. The average Bonchev–Trinajstić information content (AvgIpc) is 3.08. The lowest BCUT2D eigenvalue weighted by atomic mass is 9.61. The maximum atomic E-state index is 13.4. The smallest absolute Gasteiger partial charge is 0.335 e. The molecule has 1 aliphatic rings. The maximum Gasteiger partial charge on any atom is 0.335 e. The molecule has 0 radical (unpaired) electrons. The normalized spacial score (nSPS) is 21.8. The number of hydrogen-bond donors (Lipinski definition) is 3. The van der Waals surface area contributed by atoms with Crippen molar-refractivity contribution in [1.82, 2.24) is 9.88 Å². The standard InChI is InChI=1S/C24H30N4O4/c1-14(2)10-16(12-25)27-21(29)18-6-4-5-9-24(18,23(26)32)19-13-28(3)20-8-7-15(22(30)31)11-17(19)20/h7-8,11,13-14,16,18H,4-6,9-10H2,1-3H3,(H2,26,32)(H,27,29)(H,30,31)/t16-,18-,24-/m0/s1. The van der Waals surface area contributed by atoms with Crippen LogP contribution >= 0.6 is 0 Å². The van der Waals surface area contributed by atoms with Crippen LogP contribution in [-0.4, -0.2) is 33.5 Å². The number of nitrogens with two attached hydrogens (primary N) is 1. The number of amides is 2. The Morgan fingerprint density at radius 3 is 2.66 bits per heavy atom. The number of hydrogen-bond acceptors (Lipinski definition) is 4. The Balaban J connectivity index is 2.14. The van der Waals surface area contributed by atoms with Gasteiger partial charge in [0.1, 0.15) is 6.04 Å². The van der Waals surface area contributed by atoms with Crippen molar-refractivity contribution in [3.8, 4) is 6.07 Å². The summed E-state index contributed by atoms with van der Waals surface area (Å²) in [6.45, 7) is 3.95. The van der Waals surface area contributed by atoms with E-state index in [1.807, 2.05) is 25.5 Å². The Labute approximate surface area is 187 Å². The van der Waals surface area contributed by atoms with Gasteiger partial charge in [-0.2, -0.15) is 5.26 Å². The fourth-order valence-corrected chi connectivity index (χ4v) is 5.05. The summed E-state index contributed by atoms with van der Waals surface area (Å²) >= 11 is 0. The molecule has 0 bridgehead atoms. The molecule has 32 heavy (non-hydrogen) atoms. The molecule has 0 saturated heterocycles. The Hall–Kier alpha value is -3.34. The molecular weight excluding hydrogens is 408 g/mol. The van der Waals surface area contributed by atoms with Crippen molar-refractivity contribution in [1.29, 1.82) is 5.26 Å². The number of fused-ring (bicyclic) bond motifs is 1. The van der Waals surface area contributed by atoms with Gasteiger partial charge >= 0.3 is 5.97 Å². The van der Waals surface area contributed by atoms with Crippen molar-refractivity contribution < 1.29 is 19.5 Å². The summed E-state index contributed by atoms with van der Waals surface area (Å²) in [4.78, 5) is 38.0. The highest BCUT2D eigenvalue weighted by Gasteiger charge is 2.52. The van der Waals surface area contributed by atoms with Crippen molar-refractivity contribution in [3.63, 3.8) is 0 Å². The fraction of sp³-hybridized carbons (Fsp3) is 0.500. The highest BCUT2D eigenvalue weighted by molar-refractivity contribution is 6.01. The number of rotatable bonds is 7. The van der Waals surface area contributed by atoms with Crippen LogP contribution in [0.15, 0.2) is 24.4 Å². The molecule has 4 N–H and O–H groups in total. The molecule has 170 valence electrons. The van der Waals surface area contributed by atoms with Crippen molar-refractivity contribution in [3.05, 3.63) is 35.5 Å². The van der Waals surface area contributed by atoms with Crippen LogP contribution < -0.4 is 11.1 Å². The van der Waals surface area contributed by atoms with Crippen LogP contribution in [0, 0.1) is 23.2 Å². The van der Waals surface area contributed by atoms with Crippen molar-refractivity contribution in [2.45, 2.75) is 57.4 Å². The molecule has 1 fully saturated rings. The topological polar surface area (TPSA) is 138 Å². The number of carboxylic acids is 1. The third-order valence-corrected chi connectivity index (χ3v) is 6.56. The van der Waals surface area contributed by atoms with E-state index in [-0.39, 0.29) is 17.4 Å². The monoisotopic (exact) mass is 438 g/mol. The van der Waals surface area contributed by atoms with Gasteiger partial charge < -0.3 is 20.7 Å². The van der Waals surface area contributed by atoms with Gasteiger partial charge in [-0.1, -0.05) is 26.7 Å². The summed E-state index contributed by atoms with van der Waals surface area (Å²) in [5.41, 5.74) is 6.14. The Kier molecular flexibility index (Phi) is 6.58. The quantitative estimate of drug-likeness (QED) is 0.610. The SMILES string of the molecule is CC(C)C[C@@H](C#N)NC(=O)[C@@H]1CCCC[C@@]1(C(N)=O)c1cn(C)c2ccc(C(=O)O)cc12. The van der Waals surface area contributed by atoms with E-state index < -0.39 is 29.3 Å². The summed E-state index contributed by atoms with van der Waals surface area (Å²) in [7, 11) is 1.81. The van der Waals surface area contributed by atoms with E-state index in [0.717, 1.165) is 18.4 Å². The number of nitrogens with one attached hydrogen (secondary N) is 1. The third kappa shape index (κ3) is 4.07. The highest BCUT2D eigenvalue weighted by Crippen LogP contribution is 2.47. The van der Waals surface area contributed by atoms with E-state index in [1.165, 1.54) is 12.1 Å². The van der Waals surface area contributed by atoms with Crippen molar-refractivity contribution in [2.24, 2.45) is 24.6 Å². The first-order chi connectivity index (χ1) is 15.1. The summed E-state index contributed by atoms with van der Waals surface area (Å²) in [5, 5.41) is 22.4.